The molecule has 0 aliphatic carbocycles. The number of aliphatic hydroxyl groups is 2. The molecule has 0 aromatic rings. The number of carbonyl (C=O) groups excluding carboxylic acids is 8. The molecule has 7 amide bonds. The van der Waals surface area contributed by atoms with Gasteiger partial charge in [-0.25, -0.2) is 4.79 Å². The summed E-state index contributed by atoms with van der Waals surface area (Å²) in [6.45, 7) is 11.4. The second kappa shape index (κ2) is 33.4. The number of aliphatic imine (C=N–C) groups is 1. The molecule has 1 fully saturated rings. The number of nitrogens with one attached hydrogen (secondary N) is 6. The maximum Gasteiger partial charge on any atom is 0.328 e. The Labute approximate surface area is 403 Å². The average molecular weight is 967 g/mol. The molecule has 0 spiro atoms. The fourth-order valence-corrected chi connectivity index (χ4v) is 7.70. The maximum atomic E-state index is 14.2. The zero-order valence-electron chi connectivity index (χ0n) is 41.7. The highest BCUT2D eigenvalue weighted by molar-refractivity contribution is 5.98. The summed E-state index contributed by atoms with van der Waals surface area (Å²) < 4.78 is 5.58. The Bertz CT molecular complexity index is 1630. The summed E-state index contributed by atoms with van der Waals surface area (Å²) in [6, 6.07) is -8.95. The van der Waals surface area contributed by atoms with E-state index in [2.05, 4.69) is 36.9 Å². The van der Waals surface area contributed by atoms with Crippen LogP contribution in [0.2, 0.25) is 0 Å². The summed E-state index contributed by atoms with van der Waals surface area (Å²) in [5.41, 5.74) is 16.1. The number of nitrogens with zero attached hydrogens (tertiary/aromatic N) is 1. The Balaban J connectivity index is 3.09. The predicted molar refractivity (Wildman–Crippen MR) is 258 cm³/mol. The van der Waals surface area contributed by atoms with Crippen molar-refractivity contribution < 1.29 is 53.3 Å². The number of hydrogen-bond donors (Lipinski definition) is 11. The normalized spacial score (nSPS) is 24.2. The van der Waals surface area contributed by atoms with E-state index in [1.807, 2.05) is 0 Å². The van der Waals surface area contributed by atoms with Crippen LogP contribution in [0, 0.1) is 11.8 Å². The van der Waals surface area contributed by atoms with Gasteiger partial charge in [0.05, 0.1) is 25.0 Å². The molecule has 1 saturated heterocycles. The summed E-state index contributed by atoms with van der Waals surface area (Å²) >= 11 is 0. The van der Waals surface area contributed by atoms with Gasteiger partial charge in [0.25, 0.3) is 0 Å². The molecule has 1 aliphatic rings. The molecule has 1 aliphatic heterocycles. The van der Waals surface area contributed by atoms with Crippen molar-refractivity contribution in [2.24, 2.45) is 34.0 Å². The van der Waals surface area contributed by atoms with Gasteiger partial charge in [0.1, 0.15) is 42.4 Å². The number of unbranched alkanes of at least 4 members (excludes halogenated alkanes) is 13. The number of nitrogens with two attached hydrogens (primary N) is 3. The number of hydrogen-bond acceptors (Lipinski definition) is 12. The second-order valence-electron chi connectivity index (χ2n) is 18.5. The van der Waals surface area contributed by atoms with E-state index < -0.39 is 120 Å². The standard InChI is InChI=1S/C47H86N10O11/c1-8-28(3)37-42(63)55-38(29(4)9-2)43(64)57-39(31(6)58)44(65)53-34(27-35(48)60)41(62)52-30(5)46(67)68-32(7)40(45(66)56-37)54-36(61)26-33(59)24-22-20-18-16-14-12-10-11-13-15-17-19-21-23-25-51-47(49)50/h28-34,37-40,58-59H,8-27H2,1-7H3,(H2,48,60)(H,52,62)(H,53,65)(H,54,61)(H,55,63)(H,56,66)(H,57,64)(H4,49,50,51). The highest BCUT2D eigenvalue weighted by Gasteiger charge is 2.39. The number of carbonyl (C=O) groups is 8. The molecule has 0 radical (unpaired) electrons. The first-order chi connectivity index (χ1) is 32.1. The molecular weight excluding hydrogens is 881 g/mol. The third-order valence-corrected chi connectivity index (χ3v) is 12.4. The smallest absolute Gasteiger partial charge is 0.328 e. The topological polar surface area (TPSA) is 349 Å². The number of primary amides is 1. The van der Waals surface area contributed by atoms with Gasteiger partial charge in [-0.1, -0.05) is 124 Å². The largest absolute Gasteiger partial charge is 0.458 e. The Morgan fingerprint density at radius 3 is 1.53 bits per heavy atom. The average Bonchev–Trinajstić information content (AvgIpc) is 3.27. The molecule has 11 atom stereocenters. The predicted octanol–water partition coefficient (Wildman–Crippen LogP) is 1.08. The lowest BCUT2D eigenvalue weighted by atomic mass is 9.94. The van der Waals surface area contributed by atoms with E-state index in [1.54, 1.807) is 27.7 Å². The summed E-state index contributed by atoms with van der Waals surface area (Å²) in [6.07, 6.45) is 11.5. The third-order valence-electron chi connectivity index (χ3n) is 12.4. The van der Waals surface area contributed by atoms with E-state index in [0.717, 1.165) is 38.5 Å². The van der Waals surface area contributed by atoms with Crippen molar-refractivity contribution in [3.8, 4) is 0 Å². The van der Waals surface area contributed by atoms with E-state index >= 15 is 0 Å². The first-order valence-corrected chi connectivity index (χ1v) is 24.8. The number of cyclic esters (lactones) is 1. The number of rotatable bonds is 27. The Morgan fingerprint density at radius 2 is 1.07 bits per heavy atom. The van der Waals surface area contributed by atoms with Gasteiger partial charge in [0, 0.05) is 6.54 Å². The van der Waals surface area contributed by atoms with Gasteiger partial charge in [-0.2, -0.15) is 0 Å². The SMILES string of the molecule is CCC(C)C1NC(=O)C(C(C)CC)NC(=O)C(NC(=O)CC(O)CCCCCCCCCCCCCCCCN=C(N)N)C(C)OC(=O)C(C)NC(=O)C(CC(N)=O)NC(=O)C(C(C)O)NC1=O. The van der Waals surface area contributed by atoms with E-state index in [9.17, 15) is 48.6 Å². The van der Waals surface area contributed by atoms with Crippen LogP contribution >= 0.6 is 0 Å². The van der Waals surface area contributed by atoms with E-state index in [0.29, 0.717) is 32.2 Å². The molecule has 68 heavy (non-hydrogen) atoms. The van der Waals surface area contributed by atoms with E-state index in [-0.39, 0.29) is 12.4 Å². The van der Waals surface area contributed by atoms with Gasteiger partial charge < -0.3 is 64.1 Å². The summed E-state index contributed by atoms with van der Waals surface area (Å²) in [5, 5.41) is 36.3. The molecular formula is C47H86N10O11. The quantitative estimate of drug-likeness (QED) is 0.0238. The minimum Gasteiger partial charge on any atom is -0.458 e. The lowest BCUT2D eigenvalue weighted by Gasteiger charge is -2.32. The van der Waals surface area contributed by atoms with E-state index in [4.69, 9.17) is 21.9 Å². The minimum absolute atomic E-state index is 0.146. The highest BCUT2D eigenvalue weighted by atomic mass is 16.5. The molecule has 390 valence electrons. The molecule has 0 bridgehead atoms. The second-order valence-corrected chi connectivity index (χ2v) is 18.5. The van der Waals surface area contributed by atoms with Crippen LogP contribution in [0.5, 0.6) is 0 Å². The maximum absolute atomic E-state index is 14.2. The van der Waals surface area contributed by atoms with Crippen molar-refractivity contribution in [3.63, 3.8) is 0 Å². The van der Waals surface area contributed by atoms with Gasteiger partial charge in [0.15, 0.2) is 5.96 Å². The Kier molecular flexibility index (Phi) is 30.0. The molecule has 21 nitrogen and oxygen atoms in total. The van der Waals surface area contributed by atoms with Crippen molar-refractivity contribution in [3.05, 3.63) is 0 Å². The van der Waals surface area contributed by atoms with Gasteiger partial charge in [0.2, 0.25) is 41.4 Å². The molecule has 0 aromatic carbocycles. The van der Waals surface area contributed by atoms with Crippen molar-refractivity contribution in [2.45, 2.75) is 225 Å². The molecule has 1 heterocycles. The number of esters is 1. The third kappa shape index (κ3) is 24.3. The zero-order valence-corrected chi connectivity index (χ0v) is 41.7. The van der Waals surface area contributed by atoms with Crippen molar-refractivity contribution in [1.29, 1.82) is 0 Å². The fourth-order valence-electron chi connectivity index (χ4n) is 7.70. The highest BCUT2D eigenvalue weighted by Crippen LogP contribution is 2.17. The van der Waals surface area contributed by atoms with Crippen LogP contribution in [0.25, 0.3) is 0 Å². The number of aliphatic hydroxyl groups excluding tert-OH is 2. The molecule has 21 heteroatoms. The van der Waals surface area contributed by atoms with Gasteiger partial charge in [-0.05, 0) is 45.4 Å². The van der Waals surface area contributed by atoms with Crippen LogP contribution in [0.15, 0.2) is 4.99 Å². The molecule has 11 unspecified atom stereocenters. The molecule has 1 rings (SSSR count). The van der Waals surface area contributed by atoms with E-state index in [1.165, 1.54) is 65.7 Å². The summed E-state index contributed by atoms with van der Waals surface area (Å²) in [5.74, 6) is -8.36. The first kappa shape index (κ1) is 61.0. The van der Waals surface area contributed by atoms with Crippen LogP contribution in [0.3, 0.4) is 0 Å². The van der Waals surface area contributed by atoms with Crippen LogP contribution in [0.1, 0.15) is 170 Å². The monoisotopic (exact) mass is 967 g/mol. The van der Waals surface area contributed by atoms with Crippen molar-refractivity contribution in [2.75, 3.05) is 6.54 Å². The van der Waals surface area contributed by atoms with Crippen LogP contribution in [0.4, 0.5) is 0 Å². The molecule has 0 aromatic heterocycles. The number of ether oxygens (including phenoxy) is 1. The Hall–Kier alpha value is -5.05. The van der Waals surface area contributed by atoms with Gasteiger partial charge in [-0.3, -0.25) is 38.6 Å². The minimum atomic E-state index is -1.68. The number of amides is 7. The fraction of sp³-hybridized carbons (Fsp3) is 0.809. The summed E-state index contributed by atoms with van der Waals surface area (Å²) in [7, 11) is 0. The zero-order chi connectivity index (χ0) is 51.3. The summed E-state index contributed by atoms with van der Waals surface area (Å²) in [4.78, 5) is 112. The lowest BCUT2D eigenvalue weighted by molar-refractivity contribution is -0.155. The molecule has 14 N–H and O–H groups in total. The first-order valence-electron chi connectivity index (χ1n) is 24.8. The van der Waals surface area contributed by atoms with Crippen molar-refractivity contribution >= 4 is 53.3 Å². The van der Waals surface area contributed by atoms with Gasteiger partial charge in [-0.15, -0.1) is 0 Å². The van der Waals surface area contributed by atoms with Crippen LogP contribution in [-0.4, -0.2) is 125 Å². The van der Waals surface area contributed by atoms with Crippen LogP contribution in [-0.2, 0) is 43.1 Å². The van der Waals surface area contributed by atoms with Crippen LogP contribution < -0.4 is 49.1 Å². The Morgan fingerprint density at radius 1 is 0.632 bits per heavy atom. The number of guanidine groups is 1. The van der Waals surface area contributed by atoms with Crippen molar-refractivity contribution in [1.82, 2.24) is 31.9 Å². The lowest BCUT2D eigenvalue weighted by Crippen LogP contribution is -2.63. The molecule has 0 saturated carbocycles. The van der Waals surface area contributed by atoms with Gasteiger partial charge >= 0.3 is 5.97 Å².